The number of aromatic amines is 2. The number of carbonyl (C=O) groups excluding carboxylic acids is 17. The lowest BCUT2D eigenvalue weighted by atomic mass is 9.90. The number of nitrogens with zero attached hydrogens (tertiary/aromatic N) is 5. The van der Waals surface area contributed by atoms with Crippen molar-refractivity contribution in [3.8, 4) is 5.75 Å². The summed E-state index contributed by atoms with van der Waals surface area (Å²) in [6, 6.07) is -0.204. The fourth-order valence-corrected chi connectivity index (χ4v) is 16.8. The van der Waals surface area contributed by atoms with Crippen LogP contribution in [-0.2, 0) is 101 Å². The van der Waals surface area contributed by atoms with Gasteiger partial charge in [-0.15, -0.1) is 11.8 Å². The Morgan fingerprint density at radius 2 is 1.09 bits per heavy atom. The summed E-state index contributed by atoms with van der Waals surface area (Å²) in [4.78, 5) is 258. The van der Waals surface area contributed by atoms with Gasteiger partial charge in [-0.1, -0.05) is 102 Å². The number of fused-ring (bicyclic) bond motifs is 4. The third-order valence-corrected chi connectivity index (χ3v) is 24.2. The van der Waals surface area contributed by atoms with Crippen molar-refractivity contribution in [2.75, 3.05) is 72.0 Å². The minimum absolute atomic E-state index is 0.00390. The fourth-order valence-electron chi connectivity index (χ4n) is 15.9. The van der Waals surface area contributed by atoms with Crippen molar-refractivity contribution in [3.63, 3.8) is 0 Å². The molecular weight excluding hydrogens is 1670 g/mol. The number of aliphatic hydroxyl groups is 2. The monoisotopic (exact) mass is 1790 g/mol. The van der Waals surface area contributed by atoms with Gasteiger partial charge < -0.3 is 121 Å². The third kappa shape index (κ3) is 27.2. The first-order chi connectivity index (χ1) is 60.4. The van der Waals surface area contributed by atoms with Crippen molar-refractivity contribution in [2.45, 2.75) is 216 Å². The second-order valence-corrected chi connectivity index (χ2v) is 34.0. The fraction of sp³-hybridized carbons (Fsp3) is 0.547. The zero-order valence-electron chi connectivity index (χ0n) is 72.8. The van der Waals surface area contributed by atoms with Gasteiger partial charge in [-0.3, -0.25) is 81.5 Å². The lowest BCUT2D eigenvalue weighted by Gasteiger charge is -2.36. The van der Waals surface area contributed by atoms with E-state index in [4.69, 9.17) is 22.9 Å². The number of ketones is 1. The van der Waals surface area contributed by atoms with Crippen LogP contribution in [0.3, 0.4) is 0 Å². The van der Waals surface area contributed by atoms with Gasteiger partial charge in [0.1, 0.15) is 78.3 Å². The number of nitrogens with two attached hydrogens (primary N) is 4. The molecule has 41 heteroatoms. The van der Waals surface area contributed by atoms with Gasteiger partial charge in [0.15, 0.2) is 5.78 Å². The standard InChI is InChI=1S/C86H122N20O20S/c1-9-11-22-66-80(120)98-63(38-88)78(118)101-65(76(116)93-41-72(90)112)44-127-45-73(113)94-59(31-48-25-27-52(108)28-26-48)82(122)102(6)47(5)74(114)95-61(36-71(89)111)84(124)105-29-17-24-67(105)81(121)99-62(37-87)77(117)96-58(30-46(3)4)85(125)106-42-53(109)35-69(106)70(110)34-49(32-50-39-91-56-20-15-13-18-54(50)56)75(115)100-64(43-107)79(119)97-60(33-51-40-92-57-21-16-14-19-55(51)57)83(123)104(8)68(23-12-10-2)86(126)103(66)7/h13-16,18-21,25-28,39-40,46-47,49,53,58-69,91-92,107-109H,9-12,17,22-24,29-38,41-45,87-88H2,1-8H3,(H2,89,111)(H2,90,112)(H,93,116)(H,94,113)(H,95,114)(H,96,117)(H,97,119)(H,98,120)(H,99,121)(H,100,115)(H,101,118)/t47-,49+,53+,58-,59-,60-,61-,62-,63-,64-,65-,66-,67-,68-,69-/m0/s1. The third-order valence-electron chi connectivity index (χ3n) is 23.1. The van der Waals surface area contributed by atoms with E-state index in [1.54, 1.807) is 74.8 Å². The lowest BCUT2D eigenvalue weighted by molar-refractivity contribution is -0.149. The van der Waals surface area contributed by atoms with E-state index in [0.29, 0.717) is 64.2 Å². The van der Waals surface area contributed by atoms with Gasteiger partial charge in [0.05, 0.1) is 37.5 Å². The molecule has 3 aliphatic heterocycles. The number of aromatic hydroxyl groups is 1. The maximum Gasteiger partial charge on any atom is 0.246 e. The van der Waals surface area contributed by atoms with Crippen LogP contribution in [0.1, 0.15) is 128 Å². The molecule has 0 unspecified atom stereocenters. The van der Waals surface area contributed by atoms with Crippen molar-refractivity contribution in [2.24, 2.45) is 34.8 Å². The Kier molecular flexibility index (Phi) is 37.5. The minimum atomic E-state index is -1.84. The molecule has 5 heterocycles. The Bertz CT molecular complexity index is 4780. The average molecular weight is 1790 g/mol. The quantitative estimate of drug-likeness (QED) is 0.0325. The molecule has 3 fully saturated rings. The topological polar surface area (TPSA) is 611 Å². The van der Waals surface area contributed by atoms with Crippen LogP contribution in [0, 0.1) is 11.8 Å². The van der Waals surface area contributed by atoms with Gasteiger partial charge in [-0.2, -0.15) is 0 Å². The smallest absolute Gasteiger partial charge is 0.246 e. The Labute approximate surface area is 739 Å². The Morgan fingerprint density at radius 3 is 1.68 bits per heavy atom. The number of nitrogens with one attached hydrogen (secondary N) is 11. The molecule has 2 aromatic heterocycles. The maximum atomic E-state index is 15.6. The van der Waals surface area contributed by atoms with Crippen LogP contribution < -0.4 is 70.8 Å². The number of primary amides is 2. The van der Waals surface area contributed by atoms with Crippen LogP contribution in [0.15, 0.2) is 85.2 Å². The molecule has 0 spiro atoms. The van der Waals surface area contributed by atoms with Crippen molar-refractivity contribution in [1.82, 2.24) is 82.3 Å². The van der Waals surface area contributed by atoms with Crippen LogP contribution in [0.25, 0.3) is 21.8 Å². The Balaban J connectivity index is 1.16. The van der Waals surface area contributed by atoms with E-state index in [9.17, 15) is 68.1 Å². The number of H-pyrrole nitrogens is 2. The molecule has 15 atom stereocenters. The Hall–Kier alpha value is -12.1. The number of aliphatic hydroxyl groups excluding tert-OH is 2. The number of hydrogen-bond acceptors (Lipinski definition) is 23. The summed E-state index contributed by atoms with van der Waals surface area (Å²) in [7, 11) is 3.90. The van der Waals surface area contributed by atoms with Crippen molar-refractivity contribution in [3.05, 3.63) is 102 Å². The zero-order valence-corrected chi connectivity index (χ0v) is 73.6. The highest BCUT2D eigenvalue weighted by atomic mass is 32.2. The summed E-state index contributed by atoms with van der Waals surface area (Å²) >= 11 is 0.760. The molecule has 3 saturated heterocycles. The summed E-state index contributed by atoms with van der Waals surface area (Å²) in [5.74, 6) is -18.5. The lowest BCUT2D eigenvalue weighted by Crippen LogP contribution is -2.61. The number of para-hydroxylation sites is 2. The minimum Gasteiger partial charge on any atom is -0.508 e. The number of phenols is 1. The van der Waals surface area contributed by atoms with Crippen LogP contribution in [0.4, 0.5) is 0 Å². The number of rotatable bonds is 22. The van der Waals surface area contributed by atoms with Crippen molar-refractivity contribution < 1.29 is 96.8 Å². The molecule has 127 heavy (non-hydrogen) atoms. The van der Waals surface area contributed by atoms with Crippen LogP contribution in [0.5, 0.6) is 5.75 Å². The van der Waals surface area contributed by atoms with Crippen LogP contribution in [-0.4, -0.2) is 307 Å². The predicted molar refractivity (Wildman–Crippen MR) is 468 cm³/mol. The number of Topliss-reactive ketones (excluding diaryl/α,β-unsaturated/α-hetero) is 1. The zero-order chi connectivity index (χ0) is 93.2. The Morgan fingerprint density at radius 1 is 0.559 bits per heavy atom. The van der Waals surface area contributed by atoms with Gasteiger partial charge in [0.2, 0.25) is 94.5 Å². The second kappa shape index (κ2) is 47.5. The largest absolute Gasteiger partial charge is 0.508 e. The molecule has 0 bridgehead atoms. The first kappa shape index (κ1) is 100. The molecule has 0 radical (unpaired) electrons. The van der Waals surface area contributed by atoms with E-state index in [1.807, 2.05) is 13.8 Å². The van der Waals surface area contributed by atoms with E-state index in [2.05, 4.69) is 57.8 Å². The average Bonchev–Trinajstić information content (AvgIpc) is 1.72. The highest BCUT2D eigenvalue weighted by Gasteiger charge is 2.46. The van der Waals surface area contributed by atoms with Gasteiger partial charge >= 0.3 is 0 Å². The van der Waals surface area contributed by atoms with E-state index >= 15 is 28.8 Å². The first-order valence-electron chi connectivity index (χ1n) is 42.8. The number of thioether (sulfide) groups is 1. The highest BCUT2D eigenvalue weighted by Crippen LogP contribution is 2.30. The van der Waals surface area contributed by atoms with Crippen molar-refractivity contribution >= 4 is 134 Å². The van der Waals surface area contributed by atoms with E-state index in [1.165, 1.54) is 52.3 Å². The van der Waals surface area contributed by atoms with E-state index in [-0.39, 0.29) is 76.0 Å². The molecule has 3 aromatic carbocycles. The summed E-state index contributed by atoms with van der Waals surface area (Å²) in [6.45, 7) is 4.95. The van der Waals surface area contributed by atoms with Gasteiger partial charge in [-0.25, -0.2) is 0 Å². The van der Waals surface area contributed by atoms with E-state index in [0.717, 1.165) is 36.3 Å². The van der Waals surface area contributed by atoms with Crippen LogP contribution >= 0.6 is 11.8 Å². The van der Waals surface area contributed by atoms with Gasteiger partial charge in [0, 0.05) is 119 Å². The number of benzene rings is 3. The summed E-state index contributed by atoms with van der Waals surface area (Å²) in [6.07, 6.45) is 1.29. The molecule has 0 saturated carbocycles. The summed E-state index contributed by atoms with van der Waals surface area (Å²) < 4.78 is 0. The predicted octanol–water partition coefficient (Wildman–Crippen LogP) is -3.15. The molecule has 3 aliphatic rings. The molecule has 8 rings (SSSR count). The SMILES string of the molecule is CCCC[C@H]1C(=O)N(C)[C@@H](CCCC)C(=O)N[C@@H](CN)C(=O)N[C@H](C(=O)NCC(N)=O)CSCC(=O)N[C@@H](Cc2ccc(O)cc2)C(=O)N(C)[C@@H](C)C(=O)N[C@@H](CC(N)=O)C(=O)N2CCC[C@H]2C(=O)N[C@@H](CN)C(=O)N[C@@H](CC(C)C)C(=O)N2C[C@H](O)C[C@H]2C(=O)C[C@@H](Cc2c[nH]c3ccccc23)C(=O)N[C@@H](CO)C(=O)N[C@@H](Cc2c[nH]c3ccccc23)C(=O)N1C. The molecular formula is C86H122N20O20S. The number of likely N-dealkylation sites (N-methyl/N-ethyl adjacent to an activating group) is 3. The molecule has 0 aliphatic carbocycles. The molecule has 5 aromatic rings. The normalized spacial score (nSPS) is 25.7. The number of hydrogen-bond donors (Lipinski definition) is 18. The maximum absolute atomic E-state index is 15.6. The first-order valence-corrected chi connectivity index (χ1v) is 43.9. The van der Waals surface area contributed by atoms with Crippen molar-refractivity contribution in [1.29, 1.82) is 0 Å². The molecule has 16 amide bonds. The summed E-state index contributed by atoms with van der Waals surface area (Å²) in [5, 5.41) is 57.2. The number of amides is 16. The number of carbonyl (C=O) groups is 17. The number of unbranched alkanes of at least 4 members (excludes halogenated alkanes) is 2. The molecule has 40 nitrogen and oxygen atoms in total. The second-order valence-electron chi connectivity index (χ2n) is 33.0. The van der Waals surface area contributed by atoms with Gasteiger partial charge in [0.25, 0.3) is 0 Å². The summed E-state index contributed by atoms with van der Waals surface area (Å²) in [5.41, 5.74) is 26.2. The van der Waals surface area contributed by atoms with E-state index < -0.39 is 248 Å². The highest BCUT2D eigenvalue weighted by molar-refractivity contribution is 8.00. The molecule has 692 valence electrons. The van der Waals surface area contributed by atoms with Gasteiger partial charge in [-0.05, 0) is 92.3 Å². The van der Waals surface area contributed by atoms with Crippen LogP contribution in [0.2, 0.25) is 0 Å². The molecule has 22 N–H and O–H groups in total. The number of phenolic OH excluding ortho intramolecular Hbond substituents is 1. The number of aromatic nitrogens is 2.